The lowest BCUT2D eigenvalue weighted by Gasteiger charge is -2.30. The van der Waals surface area contributed by atoms with E-state index in [1.165, 1.54) is 31.2 Å². The number of phosphoric ester groups is 1. The number of nitrogens with zero attached hydrogens (tertiary/aromatic N) is 1. The first-order valence-corrected chi connectivity index (χ1v) is 7.60. The first-order valence-electron chi connectivity index (χ1n) is 6.14. The maximum atomic E-state index is 10.4. The predicted octanol–water partition coefficient (Wildman–Crippen LogP) is 1.26. The Morgan fingerprint density at radius 1 is 1.06 bits per heavy atom. The second kappa shape index (κ2) is 10.9. The molecule has 1 atom stereocenters. The van der Waals surface area contributed by atoms with Crippen LogP contribution in [0.2, 0.25) is 0 Å². The molecular formula is C11H28NO5P. The number of methoxy groups -OCH3 is 1. The normalized spacial score (nSPS) is 14.6. The first-order chi connectivity index (χ1) is 8.30. The van der Waals surface area contributed by atoms with E-state index in [4.69, 9.17) is 0 Å². The van der Waals surface area contributed by atoms with E-state index in [9.17, 15) is 9.46 Å². The maximum Gasteiger partial charge on any atom is 0.267 e. The van der Waals surface area contributed by atoms with Crippen molar-refractivity contribution in [2.75, 3.05) is 54.1 Å². The molecule has 0 rings (SSSR count). The zero-order valence-electron chi connectivity index (χ0n) is 12.5. The van der Waals surface area contributed by atoms with Crippen LogP contribution in [-0.4, -0.2) is 58.6 Å². The molecule has 112 valence electrons. The van der Waals surface area contributed by atoms with Crippen LogP contribution in [0.5, 0.6) is 0 Å². The molecule has 0 fully saturated rings. The average Bonchev–Trinajstić information content (AvgIpc) is 2.39. The van der Waals surface area contributed by atoms with Gasteiger partial charge in [-0.15, -0.1) is 0 Å². The average molecular weight is 285 g/mol. The summed E-state index contributed by atoms with van der Waals surface area (Å²) in [4.78, 5) is 10.4. The predicted molar refractivity (Wildman–Crippen MR) is 70.3 cm³/mol. The van der Waals surface area contributed by atoms with E-state index in [2.05, 4.69) is 41.6 Å². The highest BCUT2D eigenvalue weighted by Gasteiger charge is 2.10. The van der Waals surface area contributed by atoms with Crippen molar-refractivity contribution in [1.29, 1.82) is 0 Å². The molecule has 0 spiro atoms. The molecule has 7 heteroatoms. The standard InChI is InChI=1S/C7H18N.C4H11O5P/c1-5-8(4,6-2)7-3;1-7-3-4-9-10(5,6)8-2/h5-7H2,1-4H3;3-4H2,1-2H3,(H,5,6)/q+1;/p-1. The molecule has 1 unspecified atom stereocenters. The number of phosphoric acid groups is 1. The number of ether oxygens (including phenoxy) is 1. The van der Waals surface area contributed by atoms with Crippen molar-refractivity contribution in [3.05, 3.63) is 0 Å². The van der Waals surface area contributed by atoms with Crippen molar-refractivity contribution in [2.24, 2.45) is 0 Å². The third-order valence-electron chi connectivity index (χ3n) is 3.05. The van der Waals surface area contributed by atoms with E-state index in [0.717, 1.165) is 7.11 Å². The molecule has 0 aromatic heterocycles. The third-order valence-corrected chi connectivity index (χ3v) is 4.00. The topological polar surface area (TPSA) is 67.8 Å². The van der Waals surface area contributed by atoms with Crippen LogP contribution < -0.4 is 4.89 Å². The second-order valence-corrected chi connectivity index (χ2v) is 5.54. The highest BCUT2D eigenvalue weighted by molar-refractivity contribution is 7.45. The Morgan fingerprint density at radius 2 is 1.50 bits per heavy atom. The fourth-order valence-electron chi connectivity index (χ4n) is 0.956. The van der Waals surface area contributed by atoms with E-state index in [1.54, 1.807) is 0 Å². The van der Waals surface area contributed by atoms with Crippen LogP contribution in [-0.2, 0) is 18.3 Å². The summed E-state index contributed by atoms with van der Waals surface area (Å²) < 4.78 is 24.4. The van der Waals surface area contributed by atoms with Gasteiger partial charge in [-0.2, -0.15) is 0 Å². The summed E-state index contributed by atoms with van der Waals surface area (Å²) in [7, 11) is 0.751. The molecule has 0 aliphatic carbocycles. The summed E-state index contributed by atoms with van der Waals surface area (Å²) in [5.74, 6) is 0. The van der Waals surface area contributed by atoms with Crippen molar-refractivity contribution < 1.29 is 27.7 Å². The van der Waals surface area contributed by atoms with Crippen molar-refractivity contribution in [3.63, 3.8) is 0 Å². The summed E-state index contributed by atoms with van der Waals surface area (Å²) in [6.45, 7) is 10.7. The molecule has 0 aromatic carbocycles. The quantitative estimate of drug-likeness (QED) is 0.381. The van der Waals surface area contributed by atoms with Gasteiger partial charge in [0.25, 0.3) is 7.82 Å². The fraction of sp³-hybridized carbons (Fsp3) is 1.00. The van der Waals surface area contributed by atoms with Crippen LogP contribution in [0.3, 0.4) is 0 Å². The molecule has 0 N–H and O–H groups in total. The van der Waals surface area contributed by atoms with Gasteiger partial charge < -0.3 is 23.2 Å². The second-order valence-electron chi connectivity index (χ2n) is 4.02. The van der Waals surface area contributed by atoms with Crippen LogP contribution in [0.1, 0.15) is 20.8 Å². The summed E-state index contributed by atoms with van der Waals surface area (Å²) in [5.41, 5.74) is 0. The Hall–Kier alpha value is 0.0300. The Bertz CT molecular complexity index is 225. The molecule has 0 amide bonds. The van der Waals surface area contributed by atoms with Crippen LogP contribution in [0.15, 0.2) is 0 Å². The lowest BCUT2D eigenvalue weighted by molar-refractivity contribution is -0.904. The molecule has 0 aliphatic rings. The van der Waals surface area contributed by atoms with Crippen LogP contribution >= 0.6 is 7.82 Å². The SMILES string of the molecule is CC[N+](C)(CC)CC.COCCOP(=O)([O-])OC. The molecule has 0 aromatic rings. The summed E-state index contributed by atoms with van der Waals surface area (Å²) in [5, 5.41) is 0. The van der Waals surface area contributed by atoms with Crippen molar-refractivity contribution in [2.45, 2.75) is 20.8 Å². The maximum absolute atomic E-state index is 10.4. The monoisotopic (exact) mass is 285 g/mol. The van der Waals surface area contributed by atoms with Crippen LogP contribution in [0.4, 0.5) is 0 Å². The van der Waals surface area contributed by atoms with E-state index in [1.807, 2.05) is 0 Å². The van der Waals surface area contributed by atoms with Crippen molar-refractivity contribution >= 4 is 7.82 Å². The fourth-order valence-corrected chi connectivity index (χ4v) is 1.36. The number of quaternary nitrogens is 1. The Kier molecular flexibility index (Phi) is 12.3. The number of hydrogen-bond donors (Lipinski definition) is 0. The van der Waals surface area contributed by atoms with Gasteiger partial charge in [0.1, 0.15) is 0 Å². The van der Waals surface area contributed by atoms with E-state index in [-0.39, 0.29) is 13.2 Å². The summed E-state index contributed by atoms with van der Waals surface area (Å²) in [6, 6.07) is 0. The molecule has 0 radical (unpaired) electrons. The lowest BCUT2D eigenvalue weighted by Crippen LogP contribution is -2.42. The molecule has 0 saturated carbocycles. The molecule has 0 bridgehead atoms. The third kappa shape index (κ3) is 11.1. The van der Waals surface area contributed by atoms with Gasteiger partial charge in [0.2, 0.25) is 0 Å². The Morgan fingerprint density at radius 3 is 1.72 bits per heavy atom. The zero-order chi connectivity index (χ0) is 14.7. The van der Waals surface area contributed by atoms with Crippen LogP contribution in [0.25, 0.3) is 0 Å². The Labute approximate surface area is 111 Å². The largest absolute Gasteiger partial charge is 0.756 e. The van der Waals surface area contributed by atoms with E-state index in [0.29, 0.717) is 0 Å². The highest BCUT2D eigenvalue weighted by Crippen LogP contribution is 2.36. The van der Waals surface area contributed by atoms with Gasteiger partial charge in [-0.3, -0.25) is 4.57 Å². The first kappa shape index (κ1) is 20.3. The minimum Gasteiger partial charge on any atom is -0.756 e. The minimum absolute atomic E-state index is 0.00881. The molecule has 0 saturated heterocycles. The number of hydrogen-bond acceptors (Lipinski definition) is 5. The Balaban J connectivity index is 0. The van der Waals surface area contributed by atoms with Crippen molar-refractivity contribution in [3.8, 4) is 0 Å². The number of rotatable bonds is 8. The molecular weight excluding hydrogens is 257 g/mol. The van der Waals surface area contributed by atoms with Gasteiger partial charge in [-0.1, -0.05) is 0 Å². The van der Waals surface area contributed by atoms with Gasteiger partial charge in [-0.05, 0) is 20.8 Å². The summed E-state index contributed by atoms with van der Waals surface area (Å²) in [6.07, 6.45) is 0. The van der Waals surface area contributed by atoms with Crippen molar-refractivity contribution in [1.82, 2.24) is 0 Å². The summed E-state index contributed by atoms with van der Waals surface area (Å²) >= 11 is 0. The highest BCUT2D eigenvalue weighted by atomic mass is 31.2. The molecule has 0 aliphatic heterocycles. The minimum atomic E-state index is -4.03. The zero-order valence-corrected chi connectivity index (χ0v) is 13.4. The lowest BCUT2D eigenvalue weighted by atomic mass is 10.4. The van der Waals surface area contributed by atoms with Gasteiger partial charge in [0, 0.05) is 14.2 Å². The molecule has 0 heterocycles. The van der Waals surface area contributed by atoms with Gasteiger partial charge in [0.15, 0.2) is 0 Å². The van der Waals surface area contributed by atoms with E-state index >= 15 is 0 Å². The molecule has 6 nitrogen and oxygen atoms in total. The van der Waals surface area contributed by atoms with Gasteiger partial charge in [0.05, 0.1) is 39.9 Å². The van der Waals surface area contributed by atoms with E-state index < -0.39 is 7.82 Å². The van der Waals surface area contributed by atoms with Gasteiger partial charge >= 0.3 is 0 Å². The smallest absolute Gasteiger partial charge is 0.267 e. The van der Waals surface area contributed by atoms with Crippen LogP contribution in [0, 0.1) is 0 Å². The van der Waals surface area contributed by atoms with Gasteiger partial charge in [-0.25, -0.2) is 0 Å². The molecule has 18 heavy (non-hydrogen) atoms.